The summed E-state index contributed by atoms with van der Waals surface area (Å²) in [7, 11) is -3.72. The number of halogens is 1. The Morgan fingerprint density at radius 3 is 2.36 bits per heavy atom. The molecule has 0 amide bonds. The molecular formula is C19H17ClN2O2S. The highest BCUT2D eigenvalue weighted by Gasteiger charge is 2.38. The van der Waals surface area contributed by atoms with Crippen LogP contribution in [0.2, 0.25) is 5.02 Å². The van der Waals surface area contributed by atoms with E-state index in [2.05, 4.69) is 4.57 Å². The maximum atomic E-state index is 13.4. The minimum Gasteiger partial charge on any atom is -0.348 e. The number of hydrogen-bond acceptors (Lipinski definition) is 2. The lowest BCUT2D eigenvalue weighted by Crippen LogP contribution is -2.42. The normalized spacial score (nSPS) is 18.0. The fraction of sp³-hybridized carbons (Fsp3) is 0.158. The average molecular weight is 373 g/mol. The highest BCUT2D eigenvalue weighted by atomic mass is 35.5. The molecule has 0 saturated carbocycles. The summed E-state index contributed by atoms with van der Waals surface area (Å²) in [5.41, 5.74) is 1.91. The molecule has 4 nitrogen and oxygen atoms in total. The largest absolute Gasteiger partial charge is 0.348 e. The number of nitrogens with zero attached hydrogens (tertiary/aromatic N) is 2. The Balaban J connectivity index is 1.87. The summed E-state index contributed by atoms with van der Waals surface area (Å²) < 4.78 is 30.4. The molecule has 3 aromatic rings. The molecule has 4 rings (SSSR count). The minimum absolute atomic E-state index is 0.151. The van der Waals surface area contributed by atoms with Gasteiger partial charge in [0, 0.05) is 25.0 Å². The average Bonchev–Trinajstić information content (AvgIpc) is 3.10. The Labute approximate surface area is 152 Å². The standard InChI is InChI=1S/C19H17ClN2O2S/c20-16-9-4-5-11-18(16)25(23,24)22-14-13-21-12-6-10-17(21)19(22)15-7-2-1-3-8-15/h1-12,19H,13-14H2. The molecule has 0 spiro atoms. The van der Waals surface area contributed by atoms with Gasteiger partial charge in [-0.15, -0.1) is 0 Å². The number of benzene rings is 2. The smallest absolute Gasteiger partial charge is 0.245 e. The predicted molar refractivity (Wildman–Crippen MR) is 98.1 cm³/mol. The van der Waals surface area contributed by atoms with Crippen LogP contribution in [-0.2, 0) is 16.6 Å². The third-order valence-corrected chi connectivity index (χ3v) is 6.90. The van der Waals surface area contributed by atoms with Crippen molar-refractivity contribution >= 4 is 21.6 Å². The summed E-state index contributed by atoms with van der Waals surface area (Å²) in [4.78, 5) is 0.151. The molecule has 2 heterocycles. The zero-order valence-corrected chi connectivity index (χ0v) is 15.0. The van der Waals surface area contributed by atoms with Crippen LogP contribution < -0.4 is 0 Å². The highest BCUT2D eigenvalue weighted by molar-refractivity contribution is 7.89. The van der Waals surface area contributed by atoms with E-state index in [9.17, 15) is 8.42 Å². The van der Waals surface area contributed by atoms with Crippen LogP contribution in [0.5, 0.6) is 0 Å². The summed E-state index contributed by atoms with van der Waals surface area (Å²) in [6.45, 7) is 1.02. The first-order valence-corrected chi connectivity index (χ1v) is 9.87. The van der Waals surface area contributed by atoms with Crippen LogP contribution in [0.15, 0.2) is 77.8 Å². The SMILES string of the molecule is O=S(=O)(c1ccccc1Cl)N1CCn2cccc2C1c1ccccc1. The molecule has 1 aliphatic heterocycles. The molecule has 25 heavy (non-hydrogen) atoms. The van der Waals surface area contributed by atoms with Gasteiger partial charge in [-0.1, -0.05) is 54.1 Å². The second-order valence-corrected chi connectivity index (χ2v) is 8.25. The molecule has 1 unspecified atom stereocenters. The van der Waals surface area contributed by atoms with Crippen molar-refractivity contribution in [2.45, 2.75) is 17.5 Å². The van der Waals surface area contributed by atoms with E-state index in [1.807, 2.05) is 48.7 Å². The van der Waals surface area contributed by atoms with Crippen molar-refractivity contribution < 1.29 is 8.42 Å². The molecule has 1 aromatic heterocycles. The molecule has 0 N–H and O–H groups in total. The van der Waals surface area contributed by atoms with E-state index in [1.165, 1.54) is 0 Å². The number of sulfonamides is 1. The van der Waals surface area contributed by atoms with Crippen LogP contribution in [0.25, 0.3) is 0 Å². The Bertz CT molecular complexity index is 999. The van der Waals surface area contributed by atoms with Crippen LogP contribution in [0.3, 0.4) is 0 Å². The van der Waals surface area contributed by atoms with E-state index in [-0.39, 0.29) is 16.0 Å². The van der Waals surface area contributed by atoms with Gasteiger partial charge in [-0.3, -0.25) is 0 Å². The zero-order chi connectivity index (χ0) is 17.4. The fourth-order valence-corrected chi connectivity index (χ4v) is 5.45. The van der Waals surface area contributed by atoms with Crippen molar-refractivity contribution in [2.75, 3.05) is 6.54 Å². The predicted octanol–water partition coefficient (Wildman–Crippen LogP) is 3.94. The van der Waals surface area contributed by atoms with Crippen molar-refractivity contribution in [1.82, 2.24) is 8.87 Å². The fourth-order valence-electron chi connectivity index (χ4n) is 3.37. The maximum Gasteiger partial charge on any atom is 0.245 e. The number of fused-ring (bicyclic) bond motifs is 1. The number of rotatable bonds is 3. The van der Waals surface area contributed by atoms with Crippen molar-refractivity contribution in [2.24, 2.45) is 0 Å². The van der Waals surface area contributed by atoms with Gasteiger partial charge in [0.05, 0.1) is 11.1 Å². The molecule has 0 saturated heterocycles. The van der Waals surface area contributed by atoms with Gasteiger partial charge in [0.1, 0.15) is 4.90 Å². The van der Waals surface area contributed by atoms with Gasteiger partial charge in [-0.25, -0.2) is 8.42 Å². The van der Waals surface area contributed by atoms with Crippen LogP contribution in [0.1, 0.15) is 17.3 Å². The van der Waals surface area contributed by atoms with E-state index in [1.54, 1.807) is 28.6 Å². The van der Waals surface area contributed by atoms with Crippen LogP contribution in [-0.4, -0.2) is 23.8 Å². The molecule has 0 bridgehead atoms. The van der Waals surface area contributed by atoms with Gasteiger partial charge in [0.25, 0.3) is 0 Å². The third-order valence-electron chi connectivity index (χ3n) is 4.53. The van der Waals surface area contributed by atoms with Crippen LogP contribution in [0.4, 0.5) is 0 Å². The lowest BCUT2D eigenvalue weighted by molar-refractivity contribution is 0.298. The Morgan fingerprint density at radius 2 is 1.60 bits per heavy atom. The minimum atomic E-state index is -3.72. The second-order valence-electron chi connectivity index (χ2n) is 5.99. The lowest BCUT2D eigenvalue weighted by atomic mass is 10.0. The van der Waals surface area contributed by atoms with E-state index in [0.29, 0.717) is 13.1 Å². The molecular weight excluding hydrogens is 356 g/mol. The summed E-state index contributed by atoms with van der Waals surface area (Å²) in [5.74, 6) is 0. The van der Waals surface area contributed by atoms with Crippen molar-refractivity contribution in [3.8, 4) is 0 Å². The third kappa shape index (κ3) is 2.78. The molecule has 0 fully saturated rings. The molecule has 1 atom stereocenters. The van der Waals surface area contributed by atoms with Gasteiger partial charge in [0.15, 0.2) is 0 Å². The Morgan fingerprint density at radius 1 is 0.880 bits per heavy atom. The lowest BCUT2D eigenvalue weighted by Gasteiger charge is -2.36. The van der Waals surface area contributed by atoms with Gasteiger partial charge in [-0.05, 0) is 29.8 Å². The van der Waals surface area contributed by atoms with E-state index in [0.717, 1.165) is 11.3 Å². The number of aromatic nitrogens is 1. The second kappa shape index (κ2) is 6.33. The van der Waals surface area contributed by atoms with Crippen molar-refractivity contribution in [1.29, 1.82) is 0 Å². The van der Waals surface area contributed by atoms with Gasteiger partial charge < -0.3 is 4.57 Å². The monoisotopic (exact) mass is 372 g/mol. The number of hydrogen-bond donors (Lipinski definition) is 0. The van der Waals surface area contributed by atoms with Gasteiger partial charge in [-0.2, -0.15) is 4.31 Å². The first-order chi connectivity index (χ1) is 12.1. The van der Waals surface area contributed by atoms with E-state index >= 15 is 0 Å². The molecule has 2 aromatic carbocycles. The van der Waals surface area contributed by atoms with E-state index < -0.39 is 10.0 Å². The summed E-state index contributed by atoms with van der Waals surface area (Å²) in [6.07, 6.45) is 1.99. The van der Waals surface area contributed by atoms with Crippen molar-refractivity contribution in [3.63, 3.8) is 0 Å². The topological polar surface area (TPSA) is 42.3 Å². The summed E-state index contributed by atoms with van der Waals surface area (Å²) in [6, 6.07) is 19.9. The van der Waals surface area contributed by atoms with Crippen LogP contribution >= 0.6 is 11.6 Å². The van der Waals surface area contributed by atoms with Crippen LogP contribution in [0, 0.1) is 0 Å². The van der Waals surface area contributed by atoms with Gasteiger partial charge in [0.2, 0.25) is 10.0 Å². The molecule has 0 aliphatic carbocycles. The summed E-state index contributed by atoms with van der Waals surface area (Å²) >= 11 is 6.19. The Hall–Kier alpha value is -2.08. The first kappa shape index (κ1) is 16.4. The highest BCUT2D eigenvalue weighted by Crippen LogP contribution is 2.37. The zero-order valence-electron chi connectivity index (χ0n) is 13.4. The molecule has 6 heteroatoms. The quantitative estimate of drug-likeness (QED) is 0.699. The summed E-state index contributed by atoms with van der Waals surface area (Å²) in [5, 5.41) is 0.246. The molecule has 1 aliphatic rings. The van der Waals surface area contributed by atoms with Crippen molar-refractivity contribution in [3.05, 3.63) is 89.2 Å². The molecule has 128 valence electrons. The first-order valence-electron chi connectivity index (χ1n) is 8.05. The van der Waals surface area contributed by atoms with Gasteiger partial charge >= 0.3 is 0 Å². The Kier molecular flexibility index (Phi) is 4.15. The van der Waals surface area contributed by atoms with E-state index in [4.69, 9.17) is 11.6 Å². The maximum absolute atomic E-state index is 13.4. The molecule has 0 radical (unpaired) electrons.